The van der Waals surface area contributed by atoms with E-state index in [1.807, 2.05) is 6.92 Å². The van der Waals surface area contributed by atoms with E-state index < -0.39 is 0 Å². The molecule has 0 aromatic rings. The van der Waals surface area contributed by atoms with Crippen molar-refractivity contribution in [3.05, 3.63) is 12.2 Å². The van der Waals surface area contributed by atoms with Gasteiger partial charge in [-0.3, -0.25) is 4.79 Å². The van der Waals surface area contributed by atoms with E-state index in [0.29, 0.717) is 12.1 Å². The molecule has 0 aromatic heterocycles. The first kappa shape index (κ1) is 14.3. The minimum absolute atomic E-state index is 0.0268. The van der Waals surface area contributed by atoms with E-state index in [9.17, 15) is 4.79 Å². The minimum Gasteiger partial charge on any atom is -0.326 e. The summed E-state index contributed by atoms with van der Waals surface area (Å²) in [6, 6.07) is -0.0268. The zero-order valence-electron chi connectivity index (χ0n) is 10.5. The predicted octanol–water partition coefficient (Wildman–Crippen LogP) is 1.34. The number of carbonyl (C=O) groups excluding carboxylic acids is 1. The maximum Gasteiger partial charge on any atom is 0.214 e. The summed E-state index contributed by atoms with van der Waals surface area (Å²) in [6.07, 6.45) is 0. The van der Waals surface area contributed by atoms with Crippen LogP contribution in [0.2, 0.25) is 0 Å². The lowest BCUT2D eigenvalue weighted by molar-refractivity contribution is -0.936. The fourth-order valence-electron chi connectivity index (χ4n) is 2.14. The molecular formula is C12H25N2O+. The van der Waals surface area contributed by atoms with Gasteiger partial charge in [-0.25, -0.2) is 0 Å². The van der Waals surface area contributed by atoms with Crippen molar-refractivity contribution < 1.29 is 9.28 Å². The fourth-order valence-corrected chi connectivity index (χ4v) is 2.14. The molecular weight excluding hydrogens is 188 g/mol. The molecule has 0 aliphatic heterocycles. The van der Waals surface area contributed by atoms with Gasteiger partial charge in [0.05, 0.1) is 19.6 Å². The van der Waals surface area contributed by atoms with Crippen LogP contribution in [-0.4, -0.2) is 42.5 Å². The fraction of sp³-hybridized carbons (Fsp3) is 0.750. The Bertz CT molecular complexity index is 232. The van der Waals surface area contributed by atoms with Gasteiger partial charge in [0.15, 0.2) is 0 Å². The van der Waals surface area contributed by atoms with Crippen LogP contribution < -0.4 is 5.73 Å². The summed E-state index contributed by atoms with van der Waals surface area (Å²) in [5, 5.41) is 0. The summed E-state index contributed by atoms with van der Waals surface area (Å²) in [7, 11) is 0. The molecule has 0 amide bonds. The van der Waals surface area contributed by atoms with Gasteiger partial charge in [0, 0.05) is 6.54 Å². The summed E-state index contributed by atoms with van der Waals surface area (Å²) >= 11 is 0. The SMILES string of the molecule is C=C(C)C(=O)C(C)[N+](CC)(CC)CCN. The molecule has 3 heteroatoms. The molecule has 0 aromatic carbocycles. The average Bonchev–Trinajstić information content (AvgIpc) is 2.24. The zero-order chi connectivity index (χ0) is 12.1. The van der Waals surface area contributed by atoms with Gasteiger partial charge >= 0.3 is 0 Å². The molecule has 1 atom stereocenters. The summed E-state index contributed by atoms with van der Waals surface area (Å²) in [4.78, 5) is 11.9. The van der Waals surface area contributed by atoms with Gasteiger partial charge in [0.25, 0.3) is 0 Å². The van der Waals surface area contributed by atoms with Crippen molar-refractivity contribution in [3.8, 4) is 0 Å². The third kappa shape index (κ3) is 3.14. The topological polar surface area (TPSA) is 43.1 Å². The number of rotatable bonds is 7. The number of hydrogen-bond donors (Lipinski definition) is 1. The number of hydrogen-bond acceptors (Lipinski definition) is 2. The lowest BCUT2D eigenvalue weighted by Crippen LogP contribution is -2.59. The van der Waals surface area contributed by atoms with Crippen LogP contribution in [-0.2, 0) is 4.79 Å². The first-order valence-electron chi connectivity index (χ1n) is 5.70. The Morgan fingerprint density at radius 2 is 1.87 bits per heavy atom. The van der Waals surface area contributed by atoms with Crippen LogP contribution in [0.4, 0.5) is 0 Å². The second-order valence-corrected chi connectivity index (χ2v) is 4.18. The number of Topliss-reactive ketones (excluding diaryl/α,β-unsaturated/α-hetero) is 1. The molecule has 0 rings (SSSR count). The third-order valence-electron chi connectivity index (χ3n) is 3.46. The van der Waals surface area contributed by atoms with Gasteiger partial charge in [-0.2, -0.15) is 0 Å². The predicted molar refractivity (Wildman–Crippen MR) is 64.5 cm³/mol. The number of nitrogens with zero attached hydrogens (tertiary/aromatic N) is 1. The van der Waals surface area contributed by atoms with Crippen LogP contribution in [0.5, 0.6) is 0 Å². The number of quaternary nitrogens is 1. The van der Waals surface area contributed by atoms with Crippen LogP contribution in [0.25, 0.3) is 0 Å². The van der Waals surface area contributed by atoms with Crippen molar-refractivity contribution in [2.24, 2.45) is 5.73 Å². The number of nitrogens with two attached hydrogens (primary N) is 1. The Hall–Kier alpha value is -0.670. The molecule has 3 nitrogen and oxygen atoms in total. The highest BCUT2D eigenvalue weighted by Crippen LogP contribution is 2.16. The van der Waals surface area contributed by atoms with Crippen molar-refractivity contribution in [2.75, 3.05) is 26.2 Å². The lowest BCUT2D eigenvalue weighted by Gasteiger charge is -2.41. The molecule has 0 saturated heterocycles. The van der Waals surface area contributed by atoms with E-state index in [1.54, 1.807) is 6.92 Å². The second kappa shape index (κ2) is 6.03. The van der Waals surface area contributed by atoms with Crippen molar-refractivity contribution in [1.29, 1.82) is 0 Å². The number of ketones is 1. The van der Waals surface area contributed by atoms with E-state index in [-0.39, 0.29) is 11.8 Å². The lowest BCUT2D eigenvalue weighted by atomic mass is 10.0. The molecule has 15 heavy (non-hydrogen) atoms. The molecule has 88 valence electrons. The maximum atomic E-state index is 11.9. The van der Waals surface area contributed by atoms with Crippen molar-refractivity contribution in [1.82, 2.24) is 0 Å². The molecule has 1 unspecified atom stereocenters. The minimum atomic E-state index is -0.0268. The van der Waals surface area contributed by atoms with Crippen molar-refractivity contribution in [3.63, 3.8) is 0 Å². The quantitative estimate of drug-likeness (QED) is 0.512. The zero-order valence-corrected chi connectivity index (χ0v) is 10.5. The number of likely N-dealkylation sites (N-methyl/N-ethyl adjacent to an activating group) is 1. The number of carbonyl (C=O) groups is 1. The first-order chi connectivity index (χ1) is 6.95. The molecule has 0 fully saturated rings. The van der Waals surface area contributed by atoms with E-state index >= 15 is 0 Å². The highest BCUT2D eigenvalue weighted by molar-refractivity contribution is 5.97. The smallest absolute Gasteiger partial charge is 0.214 e. The highest BCUT2D eigenvalue weighted by atomic mass is 16.1. The van der Waals surface area contributed by atoms with Crippen LogP contribution in [0.1, 0.15) is 27.7 Å². The Morgan fingerprint density at radius 3 is 2.13 bits per heavy atom. The van der Waals surface area contributed by atoms with Crippen molar-refractivity contribution in [2.45, 2.75) is 33.7 Å². The Labute approximate surface area is 93.5 Å². The summed E-state index contributed by atoms with van der Waals surface area (Å²) in [5.74, 6) is 0.159. The molecule has 0 aliphatic rings. The van der Waals surface area contributed by atoms with Crippen LogP contribution in [0.15, 0.2) is 12.2 Å². The Kier molecular flexibility index (Phi) is 5.76. The molecule has 2 N–H and O–H groups in total. The van der Waals surface area contributed by atoms with E-state index in [1.165, 1.54) is 0 Å². The molecule has 0 heterocycles. The van der Waals surface area contributed by atoms with Gasteiger partial charge in [-0.1, -0.05) is 6.58 Å². The Balaban J connectivity index is 4.90. The summed E-state index contributed by atoms with van der Waals surface area (Å²) < 4.78 is 0.766. The third-order valence-corrected chi connectivity index (χ3v) is 3.46. The second-order valence-electron chi connectivity index (χ2n) is 4.18. The van der Waals surface area contributed by atoms with E-state index in [2.05, 4.69) is 20.4 Å². The van der Waals surface area contributed by atoms with Gasteiger partial charge in [-0.15, -0.1) is 0 Å². The summed E-state index contributed by atoms with van der Waals surface area (Å²) in [5.41, 5.74) is 6.27. The molecule has 0 bridgehead atoms. The molecule has 0 radical (unpaired) electrons. The maximum absolute atomic E-state index is 11.9. The van der Waals surface area contributed by atoms with Crippen LogP contribution in [0.3, 0.4) is 0 Å². The Morgan fingerprint density at radius 1 is 1.40 bits per heavy atom. The standard InChI is InChI=1S/C12H25N2O/c1-6-14(7-2,9-8-13)11(5)12(15)10(3)4/h11H,3,6-9,13H2,1-2,4-5H3/q+1. The van der Waals surface area contributed by atoms with Gasteiger partial charge in [0.1, 0.15) is 6.04 Å². The monoisotopic (exact) mass is 213 g/mol. The largest absolute Gasteiger partial charge is 0.326 e. The van der Waals surface area contributed by atoms with E-state index in [0.717, 1.165) is 24.1 Å². The first-order valence-corrected chi connectivity index (χ1v) is 5.70. The van der Waals surface area contributed by atoms with Crippen molar-refractivity contribution >= 4 is 5.78 Å². The van der Waals surface area contributed by atoms with Gasteiger partial charge in [0.2, 0.25) is 5.78 Å². The van der Waals surface area contributed by atoms with Gasteiger partial charge < -0.3 is 10.2 Å². The average molecular weight is 213 g/mol. The summed E-state index contributed by atoms with van der Waals surface area (Å²) in [6.45, 7) is 15.1. The van der Waals surface area contributed by atoms with Crippen LogP contribution in [0, 0.1) is 0 Å². The van der Waals surface area contributed by atoms with Gasteiger partial charge in [-0.05, 0) is 33.3 Å². The van der Waals surface area contributed by atoms with E-state index in [4.69, 9.17) is 5.73 Å². The normalized spacial score (nSPS) is 13.7. The molecule has 0 saturated carbocycles. The highest BCUT2D eigenvalue weighted by Gasteiger charge is 2.34. The molecule has 0 spiro atoms. The molecule has 0 aliphatic carbocycles. The van der Waals surface area contributed by atoms with Crippen LogP contribution >= 0.6 is 0 Å².